The average molecular weight is 254 g/mol. The number of carbonyl (C=O) groups excluding carboxylic acids is 1. The molecule has 0 amide bonds. The number of hydrogen-bond acceptors (Lipinski definition) is 2. The average Bonchev–Trinajstić information content (AvgIpc) is 2.48. The number of carbonyl (C=O) groups is 1. The van der Waals surface area contributed by atoms with Gasteiger partial charge in [0.1, 0.15) is 11.5 Å². The summed E-state index contributed by atoms with van der Waals surface area (Å²) >= 11 is 0. The van der Waals surface area contributed by atoms with Crippen molar-refractivity contribution in [1.82, 2.24) is 0 Å². The fourth-order valence-corrected chi connectivity index (χ4v) is 1.90. The van der Waals surface area contributed by atoms with Gasteiger partial charge >= 0.3 is 0 Å². The van der Waals surface area contributed by atoms with E-state index >= 15 is 0 Å². The Labute approximate surface area is 114 Å². The van der Waals surface area contributed by atoms with Gasteiger partial charge in [0.15, 0.2) is 5.78 Å². The number of ether oxygens (including phenoxy) is 1. The summed E-state index contributed by atoms with van der Waals surface area (Å²) in [6, 6.07) is 15.3. The molecule has 0 saturated carbocycles. The van der Waals surface area contributed by atoms with Gasteiger partial charge in [0.2, 0.25) is 0 Å². The standard InChI is InChI=1S/C17H18O2/c1-3-13-9-11-14(12-10-13)19-17-8-6-5-7-15(17)16(18)4-2/h5-12H,3-4H2,1-2H3. The van der Waals surface area contributed by atoms with E-state index in [1.54, 1.807) is 0 Å². The third-order valence-corrected chi connectivity index (χ3v) is 3.07. The van der Waals surface area contributed by atoms with Gasteiger partial charge < -0.3 is 4.74 Å². The van der Waals surface area contributed by atoms with Gasteiger partial charge in [-0.1, -0.05) is 38.1 Å². The molecule has 0 atom stereocenters. The van der Waals surface area contributed by atoms with Gasteiger partial charge in [-0.2, -0.15) is 0 Å². The van der Waals surface area contributed by atoms with Crippen LogP contribution in [0.25, 0.3) is 0 Å². The first kappa shape index (κ1) is 13.3. The number of aryl methyl sites for hydroxylation is 1. The molecule has 2 aromatic carbocycles. The van der Waals surface area contributed by atoms with E-state index in [4.69, 9.17) is 4.74 Å². The second-order valence-corrected chi connectivity index (χ2v) is 4.37. The topological polar surface area (TPSA) is 26.3 Å². The molecule has 0 bridgehead atoms. The van der Waals surface area contributed by atoms with Crippen molar-refractivity contribution in [2.45, 2.75) is 26.7 Å². The molecule has 0 heterocycles. The highest BCUT2D eigenvalue weighted by Crippen LogP contribution is 2.26. The minimum atomic E-state index is 0.0979. The van der Waals surface area contributed by atoms with Crippen molar-refractivity contribution in [2.24, 2.45) is 0 Å². The molecule has 0 aliphatic rings. The van der Waals surface area contributed by atoms with Crippen LogP contribution in [0.2, 0.25) is 0 Å². The number of benzene rings is 2. The van der Waals surface area contributed by atoms with E-state index in [9.17, 15) is 4.79 Å². The minimum absolute atomic E-state index is 0.0979. The van der Waals surface area contributed by atoms with Crippen molar-refractivity contribution in [3.05, 3.63) is 59.7 Å². The van der Waals surface area contributed by atoms with Gasteiger partial charge in [0.25, 0.3) is 0 Å². The summed E-state index contributed by atoms with van der Waals surface area (Å²) in [4.78, 5) is 11.8. The summed E-state index contributed by atoms with van der Waals surface area (Å²) < 4.78 is 5.81. The molecule has 0 aromatic heterocycles. The predicted molar refractivity (Wildman–Crippen MR) is 77.0 cm³/mol. The zero-order valence-electron chi connectivity index (χ0n) is 11.3. The zero-order chi connectivity index (χ0) is 13.7. The van der Waals surface area contributed by atoms with E-state index < -0.39 is 0 Å². The van der Waals surface area contributed by atoms with E-state index in [0.29, 0.717) is 17.7 Å². The summed E-state index contributed by atoms with van der Waals surface area (Å²) in [5, 5.41) is 0. The first-order chi connectivity index (χ1) is 9.24. The largest absolute Gasteiger partial charge is 0.457 e. The van der Waals surface area contributed by atoms with E-state index in [1.165, 1.54) is 5.56 Å². The zero-order valence-corrected chi connectivity index (χ0v) is 11.3. The molecule has 0 spiro atoms. The summed E-state index contributed by atoms with van der Waals surface area (Å²) in [6.07, 6.45) is 1.49. The molecule has 2 nitrogen and oxygen atoms in total. The second-order valence-electron chi connectivity index (χ2n) is 4.37. The second kappa shape index (κ2) is 6.19. The van der Waals surface area contributed by atoms with Crippen molar-refractivity contribution >= 4 is 5.78 Å². The maximum absolute atomic E-state index is 11.8. The lowest BCUT2D eigenvalue weighted by atomic mass is 10.1. The van der Waals surface area contributed by atoms with Crippen LogP contribution in [0.4, 0.5) is 0 Å². The van der Waals surface area contributed by atoms with Crippen LogP contribution in [0.3, 0.4) is 0 Å². The molecule has 0 radical (unpaired) electrons. The fourth-order valence-electron chi connectivity index (χ4n) is 1.90. The molecule has 98 valence electrons. The summed E-state index contributed by atoms with van der Waals surface area (Å²) in [6.45, 7) is 3.97. The van der Waals surface area contributed by atoms with Crippen molar-refractivity contribution in [3.8, 4) is 11.5 Å². The Bertz CT molecular complexity index is 556. The lowest BCUT2D eigenvalue weighted by molar-refractivity contribution is 0.0986. The smallest absolute Gasteiger partial charge is 0.166 e. The van der Waals surface area contributed by atoms with Crippen LogP contribution in [0.1, 0.15) is 36.2 Å². The molecule has 2 rings (SSSR count). The summed E-state index contributed by atoms with van der Waals surface area (Å²) in [7, 11) is 0. The molecular formula is C17H18O2. The molecule has 2 heteroatoms. The third-order valence-electron chi connectivity index (χ3n) is 3.07. The van der Waals surface area contributed by atoms with Crippen molar-refractivity contribution < 1.29 is 9.53 Å². The van der Waals surface area contributed by atoms with Crippen molar-refractivity contribution in [3.63, 3.8) is 0 Å². The Balaban J connectivity index is 2.25. The Morgan fingerprint density at radius 3 is 2.32 bits per heavy atom. The van der Waals surface area contributed by atoms with Crippen LogP contribution in [0, 0.1) is 0 Å². The van der Waals surface area contributed by atoms with E-state index in [-0.39, 0.29) is 5.78 Å². The molecule has 0 aliphatic heterocycles. The summed E-state index contributed by atoms with van der Waals surface area (Å²) in [5.74, 6) is 1.48. The molecule has 0 N–H and O–H groups in total. The highest BCUT2D eigenvalue weighted by molar-refractivity contribution is 5.98. The monoisotopic (exact) mass is 254 g/mol. The molecule has 2 aromatic rings. The van der Waals surface area contributed by atoms with Crippen LogP contribution in [-0.2, 0) is 6.42 Å². The molecule has 0 aliphatic carbocycles. The number of ketones is 1. The Hall–Kier alpha value is -2.09. The number of hydrogen-bond donors (Lipinski definition) is 0. The number of Topliss-reactive ketones (excluding diaryl/α,β-unsaturated/α-hetero) is 1. The minimum Gasteiger partial charge on any atom is -0.457 e. The Morgan fingerprint density at radius 1 is 1.00 bits per heavy atom. The molecule has 0 fully saturated rings. The highest BCUT2D eigenvalue weighted by Gasteiger charge is 2.10. The maximum Gasteiger partial charge on any atom is 0.166 e. The highest BCUT2D eigenvalue weighted by atomic mass is 16.5. The van der Waals surface area contributed by atoms with Gasteiger partial charge in [-0.15, -0.1) is 0 Å². The SMILES string of the molecule is CCC(=O)c1ccccc1Oc1ccc(CC)cc1. The molecule has 0 unspecified atom stereocenters. The van der Waals surface area contributed by atoms with Crippen molar-refractivity contribution in [2.75, 3.05) is 0 Å². The normalized spacial score (nSPS) is 10.2. The molecular weight excluding hydrogens is 236 g/mol. The van der Waals surface area contributed by atoms with Gasteiger partial charge in [0, 0.05) is 6.42 Å². The first-order valence-corrected chi connectivity index (χ1v) is 6.63. The predicted octanol–water partition coefficient (Wildman–Crippen LogP) is 4.63. The number of para-hydroxylation sites is 1. The van der Waals surface area contributed by atoms with E-state index in [1.807, 2.05) is 55.5 Å². The third kappa shape index (κ3) is 3.22. The fraction of sp³-hybridized carbons (Fsp3) is 0.235. The lowest BCUT2D eigenvalue weighted by Crippen LogP contribution is -1.99. The van der Waals surface area contributed by atoms with Gasteiger partial charge in [-0.05, 0) is 36.2 Å². The van der Waals surface area contributed by atoms with Gasteiger partial charge in [0.05, 0.1) is 5.56 Å². The Kier molecular flexibility index (Phi) is 4.35. The first-order valence-electron chi connectivity index (χ1n) is 6.63. The molecule has 19 heavy (non-hydrogen) atoms. The van der Waals surface area contributed by atoms with Crippen LogP contribution >= 0.6 is 0 Å². The van der Waals surface area contributed by atoms with Crippen LogP contribution in [-0.4, -0.2) is 5.78 Å². The van der Waals surface area contributed by atoms with Crippen LogP contribution in [0.15, 0.2) is 48.5 Å². The number of rotatable bonds is 5. The maximum atomic E-state index is 11.8. The van der Waals surface area contributed by atoms with Gasteiger partial charge in [-0.3, -0.25) is 4.79 Å². The van der Waals surface area contributed by atoms with Gasteiger partial charge in [-0.25, -0.2) is 0 Å². The Morgan fingerprint density at radius 2 is 1.68 bits per heavy atom. The lowest BCUT2D eigenvalue weighted by Gasteiger charge is -2.10. The van der Waals surface area contributed by atoms with E-state index in [2.05, 4.69) is 6.92 Å². The van der Waals surface area contributed by atoms with E-state index in [0.717, 1.165) is 12.2 Å². The van der Waals surface area contributed by atoms with Crippen molar-refractivity contribution in [1.29, 1.82) is 0 Å². The van der Waals surface area contributed by atoms with Crippen LogP contribution < -0.4 is 4.74 Å². The molecule has 0 saturated heterocycles. The summed E-state index contributed by atoms with van der Waals surface area (Å²) in [5.41, 5.74) is 1.91. The quantitative estimate of drug-likeness (QED) is 0.727. The van der Waals surface area contributed by atoms with Crippen LogP contribution in [0.5, 0.6) is 11.5 Å².